The van der Waals surface area contributed by atoms with Gasteiger partial charge in [-0.2, -0.15) is 0 Å². The van der Waals surface area contributed by atoms with Gasteiger partial charge in [0.05, 0.1) is 6.10 Å². The Morgan fingerprint density at radius 1 is 1.46 bits per heavy atom. The van der Waals surface area contributed by atoms with Crippen LogP contribution in [-0.4, -0.2) is 19.0 Å². The minimum Gasteiger partial charge on any atom is -0.377 e. The van der Waals surface area contributed by atoms with Crippen molar-refractivity contribution in [2.45, 2.75) is 46.1 Å². The van der Waals surface area contributed by atoms with E-state index in [-0.39, 0.29) is 11.9 Å². The number of carbonyl (C=O) groups is 1. The van der Waals surface area contributed by atoms with E-state index < -0.39 is 0 Å². The van der Waals surface area contributed by atoms with Gasteiger partial charge in [-0.1, -0.05) is 19.8 Å². The molecule has 0 rings (SSSR count). The van der Waals surface area contributed by atoms with Crippen LogP contribution in [0.4, 0.5) is 0 Å². The van der Waals surface area contributed by atoms with Crippen LogP contribution < -0.4 is 0 Å². The monoisotopic (exact) mass is 184 g/mol. The molecular weight excluding hydrogens is 164 g/mol. The molecule has 0 bridgehead atoms. The number of ether oxygens (including phenoxy) is 1. The fourth-order valence-electron chi connectivity index (χ4n) is 1.07. The summed E-state index contributed by atoms with van der Waals surface area (Å²) in [7, 11) is 1.68. The van der Waals surface area contributed by atoms with Crippen molar-refractivity contribution in [1.29, 1.82) is 0 Å². The first kappa shape index (κ1) is 12.4. The Balaban J connectivity index is 4.09. The van der Waals surface area contributed by atoms with Crippen LogP contribution in [-0.2, 0) is 9.53 Å². The molecule has 0 saturated carbocycles. The van der Waals surface area contributed by atoms with E-state index in [9.17, 15) is 4.79 Å². The molecule has 0 radical (unpaired) electrons. The fourth-order valence-corrected chi connectivity index (χ4v) is 1.07. The van der Waals surface area contributed by atoms with Crippen LogP contribution in [0.2, 0.25) is 0 Å². The fraction of sp³-hybridized carbons (Fsp3) is 0.727. The molecule has 76 valence electrons. The van der Waals surface area contributed by atoms with Crippen molar-refractivity contribution in [2.75, 3.05) is 7.11 Å². The topological polar surface area (TPSA) is 26.3 Å². The molecule has 0 spiro atoms. The van der Waals surface area contributed by atoms with Gasteiger partial charge in [0.2, 0.25) is 0 Å². The van der Waals surface area contributed by atoms with Crippen LogP contribution in [0, 0.1) is 0 Å². The molecule has 0 aliphatic carbocycles. The normalized spacial score (nSPS) is 14.3. The zero-order chi connectivity index (χ0) is 10.3. The second kappa shape index (κ2) is 6.84. The molecular formula is C11H20O2. The Labute approximate surface area is 81.0 Å². The first-order chi connectivity index (χ1) is 6.11. The zero-order valence-corrected chi connectivity index (χ0v) is 9.09. The zero-order valence-electron chi connectivity index (χ0n) is 9.09. The molecule has 0 aromatic carbocycles. The van der Waals surface area contributed by atoms with Crippen molar-refractivity contribution in [2.24, 2.45) is 0 Å². The summed E-state index contributed by atoms with van der Waals surface area (Å²) < 4.78 is 5.24. The molecule has 0 aliphatic heterocycles. The molecule has 2 nitrogen and oxygen atoms in total. The van der Waals surface area contributed by atoms with Gasteiger partial charge in [0.15, 0.2) is 5.78 Å². The lowest BCUT2D eigenvalue weighted by Crippen LogP contribution is -2.09. The van der Waals surface area contributed by atoms with Gasteiger partial charge in [0, 0.05) is 7.11 Å². The number of rotatable bonds is 6. The van der Waals surface area contributed by atoms with Crippen molar-refractivity contribution in [3.05, 3.63) is 11.6 Å². The highest BCUT2D eigenvalue weighted by Crippen LogP contribution is 2.08. The van der Waals surface area contributed by atoms with E-state index in [1.165, 1.54) is 0 Å². The average Bonchev–Trinajstić information content (AvgIpc) is 2.11. The summed E-state index contributed by atoms with van der Waals surface area (Å²) in [5.41, 5.74) is 0.794. The number of unbranched alkanes of at least 4 members (excludes halogenated alkanes) is 1. The first-order valence-corrected chi connectivity index (χ1v) is 4.84. The molecule has 0 fully saturated rings. The van der Waals surface area contributed by atoms with Crippen LogP contribution in [0.25, 0.3) is 0 Å². The van der Waals surface area contributed by atoms with Crippen LogP contribution >= 0.6 is 0 Å². The number of carbonyl (C=O) groups excluding carboxylic acids is 1. The third-order valence-electron chi connectivity index (χ3n) is 2.14. The van der Waals surface area contributed by atoms with Gasteiger partial charge in [-0.05, 0) is 31.9 Å². The van der Waals surface area contributed by atoms with Crippen LogP contribution in [0.15, 0.2) is 11.6 Å². The molecule has 0 amide bonds. The Kier molecular flexibility index (Phi) is 6.51. The molecule has 1 unspecified atom stereocenters. The SMILES string of the molecule is CCCCC(/C=C(\C)C(C)=O)OC. The van der Waals surface area contributed by atoms with E-state index in [1.807, 2.05) is 13.0 Å². The number of hydrogen-bond acceptors (Lipinski definition) is 2. The Morgan fingerprint density at radius 2 is 2.08 bits per heavy atom. The van der Waals surface area contributed by atoms with Gasteiger partial charge in [-0.15, -0.1) is 0 Å². The summed E-state index contributed by atoms with van der Waals surface area (Å²) in [6, 6.07) is 0. The molecule has 2 heteroatoms. The number of methoxy groups -OCH3 is 1. The van der Waals surface area contributed by atoms with Crippen molar-refractivity contribution >= 4 is 5.78 Å². The Bertz CT molecular complexity index is 183. The maximum absolute atomic E-state index is 10.9. The highest BCUT2D eigenvalue weighted by molar-refractivity contribution is 5.92. The summed E-state index contributed by atoms with van der Waals surface area (Å²) in [4.78, 5) is 10.9. The van der Waals surface area contributed by atoms with E-state index in [0.29, 0.717) is 0 Å². The largest absolute Gasteiger partial charge is 0.377 e. The Hall–Kier alpha value is -0.630. The summed E-state index contributed by atoms with van der Waals surface area (Å²) in [6.45, 7) is 5.56. The van der Waals surface area contributed by atoms with E-state index in [4.69, 9.17) is 4.74 Å². The highest BCUT2D eigenvalue weighted by Gasteiger charge is 2.05. The number of hydrogen-bond donors (Lipinski definition) is 0. The van der Waals surface area contributed by atoms with Crippen LogP contribution in [0.3, 0.4) is 0 Å². The third kappa shape index (κ3) is 5.58. The standard InChI is InChI=1S/C11H20O2/c1-5-6-7-11(13-4)8-9(2)10(3)12/h8,11H,5-7H2,1-4H3/b9-8+. The molecule has 0 aromatic rings. The van der Waals surface area contributed by atoms with E-state index in [1.54, 1.807) is 14.0 Å². The lowest BCUT2D eigenvalue weighted by atomic mass is 10.1. The van der Waals surface area contributed by atoms with Crippen LogP contribution in [0.1, 0.15) is 40.0 Å². The summed E-state index contributed by atoms with van der Waals surface area (Å²) in [5.74, 6) is 0.124. The predicted molar refractivity (Wildman–Crippen MR) is 54.8 cm³/mol. The number of Topliss-reactive ketones (excluding diaryl/α,β-unsaturated/α-hetero) is 1. The molecule has 1 atom stereocenters. The molecule has 0 N–H and O–H groups in total. The van der Waals surface area contributed by atoms with Gasteiger partial charge >= 0.3 is 0 Å². The van der Waals surface area contributed by atoms with Crippen molar-refractivity contribution < 1.29 is 9.53 Å². The van der Waals surface area contributed by atoms with E-state index in [2.05, 4.69) is 6.92 Å². The molecule has 0 aliphatic rings. The molecule has 0 heterocycles. The minimum absolute atomic E-state index is 0.101. The third-order valence-corrected chi connectivity index (χ3v) is 2.14. The van der Waals surface area contributed by atoms with Crippen molar-refractivity contribution in [1.82, 2.24) is 0 Å². The summed E-state index contributed by atoms with van der Waals surface area (Å²) in [5, 5.41) is 0. The lowest BCUT2D eigenvalue weighted by molar-refractivity contribution is -0.113. The second-order valence-electron chi connectivity index (χ2n) is 3.32. The lowest BCUT2D eigenvalue weighted by Gasteiger charge is -2.10. The van der Waals surface area contributed by atoms with Gasteiger partial charge in [0.1, 0.15) is 0 Å². The second-order valence-corrected chi connectivity index (χ2v) is 3.32. The van der Waals surface area contributed by atoms with Gasteiger partial charge in [0.25, 0.3) is 0 Å². The van der Waals surface area contributed by atoms with Gasteiger partial charge < -0.3 is 4.74 Å². The predicted octanol–water partition coefficient (Wildman–Crippen LogP) is 2.73. The quantitative estimate of drug-likeness (QED) is 0.593. The first-order valence-electron chi connectivity index (χ1n) is 4.84. The highest BCUT2D eigenvalue weighted by atomic mass is 16.5. The van der Waals surface area contributed by atoms with Gasteiger partial charge in [-0.3, -0.25) is 4.79 Å². The maximum Gasteiger partial charge on any atom is 0.155 e. The van der Waals surface area contributed by atoms with Gasteiger partial charge in [-0.25, -0.2) is 0 Å². The van der Waals surface area contributed by atoms with Crippen LogP contribution in [0.5, 0.6) is 0 Å². The number of ketones is 1. The van der Waals surface area contributed by atoms with E-state index >= 15 is 0 Å². The van der Waals surface area contributed by atoms with E-state index in [0.717, 1.165) is 24.8 Å². The molecule has 0 aromatic heterocycles. The average molecular weight is 184 g/mol. The molecule has 13 heavy (non-hydrogen) atoms. The molecule has 0 saturated heterocycles. The smallest absolute Gasteiger partial charge is 0.155 e. The summed E-state index contributed by atoms with van der Waals surface area (Å²) >= 11 is 0. The number of allylic oxidation sites excluding steroid dienone is 1. The van der Waals surface area contributed by atoms with Crippen molar-refractivity contribution in [3.8, 4) is 0 Å². The summed E-state index contributed by atoms with van der Waals surface area (Å²) in [6.07, 6.45) is 5.31. The minimum atomic E-state index is 0.101. The van der Waals surface area contributed by atoms with Crippen molar-refractivity contribution in [3.63, 3.8) is 0 Å². The Morgan fingerprint density at radius 3 is 2.46 bits per heavy atom. The maximum atomic E-state index is 10.9.